The Balaban J connectivity index is 0.000000500. The molecule has 0 spiro atoms. The molecule has 49 valence electrons. The van der Waals surface area contributed by atoms with Crippen molar-refractivity contribution >= 4 is 8.41 Å². The van der Waals surface area contributed by atoms with E-state index in [2.05, 4.69) is 29.6 Å². The number of fused-ring (bicyclic) bond motifs is 1. The molecular formula is C8H9BN. The molecule has 1 aliphatic rings. The Bertz CT molecular complexity index is 199. The standard InChI is InChI=1S/C8H9N.B/c1-2-4-8-6-9-5-7(8)3-1;/h1-4,9H,5-6H2;. The van der Waals surface area contributed by atoms with Crippen molar-refractivity contribution < 1.29 is 0 Å². The van der Waals surface area contributed by atoms with Crippen molar-refractivity contribution in [3.63, 3.8) is 0 Å². The largest absolute Gasteiger partial charge is 0.309 e. The summed E-state index contributed by atoms with van der Waals surface area (Å²) in [6, 6.07) is 8.53. The van der Waals surface area contributed by atoms with Gasteiger partial charge in [0.25, 0.3) is 0 Å². The average molecular weight is 130 g/mol. The van der Waals surface area contributed by atoms with Crippen molar-refractivity contribution in [1.82, 2.24) is 5.32 Å². The van der Waals surface area contributed by atoms with Crippen molar-refractivity contribution in [3.8, 4) is 0 Å². The van der Waals surface area contributed by atoms with Crippen LogP contribution in [0.1, 0.15) is 11.1 Å². The second-order valence-corrected chi connectivity index (χ2v) is 2.37. The quantitative estimate of drug-likeness (QED) is 0.514. The molecule has 0 aromatic heterocycles. The first kappa shape index (κ1) is 7.35. The third-order valence-corrected chi connectivity index (χ3v) is 1.75. The Labute approximate surface area is 63.0 Å². The zero-order valence-corrected chi connectivity index (χ0v) is 5.80. The van der Waals surface area contributed by atoms with Crippen LogP contribution in [-0.2, 0) is 13.1 Å². The summed E-state index contributed by atoms with van der Waals surface area (Å²) in [7, 11) is 0. The van der Waals surface area contributed by atoms with E-state index in [4.69, 9.17) is 0 Å². The van der Waals surface area contributed by atoms with Crippen molar-refractivity contribution in [2.45, 2.75) is 13.1 Å². The summed E-state index contributed by atoms with van der Waals surface area (Å²) in [6.07, 6.45) is 0. The molecule has 0 aliphatic carbocycles. The molecule has 0 fully saturated rings. The summed E-state index contributed by atoms with van der Waals surface area (Å²) in [5, 5.41) is 3.29. The van der Waals surface area contributed by atoms with Crippen molar-refractivity contribution in [2.24, 2.45) is 0 Å². The van der Waals surface area contributed by atoms with Crippen LogP contribution in [-0.4, -0.2) is 8.41 Å². The minimum Gasteiger partial charge on any atom is -0.309 e. The molecule has 10 heavy (non-hydrogen) atoms. The van der Waals surface area contributed by atoms with E-state index in [9.17, 15) is 0 Å². The van der Waals surface area contributed by atoms with Gasteiger partial charge in [0.15, 0.2) is 0 Å². The summed E-state index contributed by atoms with van der Waals surface area (Å²) in [6.45, 7) is 2.10. The highest BCUT2D eigenvalue weighted by Gasteiger charge is 2.06. The van der Waals surface area contributed by atoms with Crippen LogP contribution in [0.15, 0.2) is 24.3 Å². The Morgan fingerprint density at radius 3 is 2.00 bits per heavy atom. The maximum absolute atomic E-state index is 3.29. The Morgan fingerprint density at radius 1 is 1.00 bits per heavy atom. The fourth-order valence-electron chi connectivity index (χ4n) is 1.23. The molecule has 2 rings (SSSR count). The molecule has 0 atom stereocenters. The molecule has 0 saturated heterocycles. The van der Waals surface area contributed by atoms with Crippen LogP contribution < -0.4 is 5.32 Å². The lowest BCUT2D eigenvalue weighted by Crippen LogP contribution is -1.99. The fraction of sp³-hybridized carbons (Fsp3) is 0.250. The topological polar surface area (TPSA) is 12.0 Å². The van der Waals surface area contributed by atoms with Gasteiger partial charge < -0.3 is 5.32 Å². The van der Waals surface area contributed by atoms with E-state index >= 15 is 0 Å². The van der Waals surface area contributed by atoms with Gasteiger partial charge in [0, 0.05) is 21.5 Å². The molecule has 0 saturated carbocycles. The second-order valence-electron chi connectivity index (χ2n) is 2.37. The summed E-state index contributed by atoms with van der Waals surface area (Å²) >= 11 is 0. The molecule has 0 amide bonds. The maximum Gasteiger partial charge on any atom is 0.0211 e. The molecular weight excluding hydrogens is 121 g/mol. The lowest BCUT2D eigenvalue weighted by atomic mass is 10.1. The zero-order chi connectivity index (χ0) is 6.10. The van der Waals surface area contributed by atoms with Crippen LogP contribution in [0, 0.1) is 0 Å². The molecule has 0 bridgehead atoms. The molecule has 0 unspecified atom stereocenters. The minimum absolute atomic E-state index is 0. The summed E-state index contributed by atoms with van der Waals surface area (Å²) < 4.78 is 0. The predicted molar refractivity (Wildman–Crippen MR) is 42.7 cm³/mol. The molecule has 1 N–H and O–H groups in total. The van der Waals surface area contributed by atoms with Gasteiger partial charge >= 0.3 is 0 Å². The average Bonchev–Trinajstić information content (AvgIpc) is 2.33. The summed E-state index contributed by atoms with van der Waals surface area (Å²) in [4.78, 5) is 0. The van der Waals surface area contributed by atoms with E-state index in [1.807, 2.05) is 0 Å². The van der Waals surface area contributed by atoms with Gasteiger partial charge in [-0.05, 0) is 11.1 Å². The maximum atomic E-state index is 3.29. The summed E-state index contributed by atoms with van der Waals surface area (Å²) in [5.74, 6) is 0. The van der Waals surface area contributed by atoms with Gasteiger partial charge in [-0.25, -0.2) is 0 Å². The SMILES string of the molecule is [B].c1ccc2c(c1)CNC2. The van der Waals surface area contributed by atoms with Gasteiger partial charge in [0.1, 0.15) is 0 Å². The third-order valence-electron chi connectivity index (χ3n) is 1.75. The molecule has 1 aromatic rings. The van der Waals surface area contributed by atoms with Gasteiger partial charge in [-0.2, -0.15) is 0 Å². The van der Waals surface area contributed by atoms with Gasteiger partial charge in [0.05, 0.1) is 0 Å². The van der Waals surface area contributed by atoms with Gasteiger partial charge in [-0.3, -0.25) is 0 Å². The van der Waals surface area contributed by atoms with Gasteiger partial charge in [0.2, 0.25) is 0 Å². The highest BCUT2D eigenvalue weighted by Crippen LogP contribution is 2.12. The number of rotatable bonds is 0. The Kier molecular flexibility index (Phi) is 2.12. The smallest absolute Gasteiger partial charge is 0.0211 e. The summed E-state index contributed by atoms with van der Waals surface area (Å²) in [5.41, 5.74) is 2.91. The zero-order valence-electron chi connectivity index (χ0n) is 5.80. The van der Waals surface area contributed by atoms with E-state index < -0.39 is 0 Å². The third kappa shape index (κ3) is 1.07. The van der Waals surface area contributed by atoms with Gasteiger partial charge in [-0.15, -0.1) is 0 Å². The van der Waals surface area contributed by atoms with Crippen LogP contribution in [0.4, 0.5) is 0 Å². The Hall–Kier alpha value is -0.755. The first-order valence-corrected chi connectivity index (χ1v) is 3.24. The molecule has 1 aliphatic heterocycles. The molecule has 3 radical (unpaired) electrons. The van der Waals surface area contributed by atoms with Crippen LogP contribution in [0.2, 0.25) is 0 Å². The number of hydrogen-bond donors (Lipinski definition) is 1. The predicted octanol–water partition coefficient (Wildman–Crippen LogP) is 0.909. The highest BCUT2D eigenvalue weighted by molar-refractivity contribution is 5.75. The van der Waals surface area contributed by atoms with E-state index in [-0.39, 0.29) is 8.41 Å². The van der Waals surface area contributed by atoms with E-state index in [0.717, 1.165) is 13.1 Å². The highest BCUT2D eigenvalue weighted by atomic mass is 14.9. The lowest BCUT2D eigenvalue weighted by Gasteiger charge is -1.91. The second kappa shape index (κ2) is 2.89. The molecule has 1 nitrogen and oxygen atoms in total. The van der Waals surface area contributed by atoms with Crippen molar-refractivity contribution in [1.29, 1.82) is 0 Å². The van der Waals surface area contributed by atoms with E-state index in [0.29, 0.717) is 0 Å². The first-order valence-electron chi connectivity index (χ1n) is 3.24. The molecule has 1 aromatic carbocycles. The van der Waals surface area contributed by atoms with Crippen LogP contribution >= 0.6 is 0 Å². The van der Waals surface area contributed by atoms with Gasteiger partial charge in [-0.1, -0.05) is 24.3 Å². The molecule has 2 heteroatoms. The van der Waals surface area contributed by atoms with Crippen LogP contribution in [0.25, 0.3) is 0 Å². The number of nitrogens with one attached hydrogen (secondary N) is 1. The minimum atomic E-state index is 0. The Morgan fingerprint density at radius 2 is 1.50 bits per heavy atom. The van der Waals surface area contributed by atoms with Crippen molar-refractivity contribution in [3.05, 3.63) is 35.4 Å². The molecule has 1 heterocycles. The monoisotopic (exact) mass is 130 g/mol. The van der Waals surface area contributed by atoms with Crippen LogP contribution in [0.5, 0.6) is 0 Å². The number of benzene rings is 1. The van der Waals surface area contributed by atoms with E-state index in [1.54, 1.807) is 0 Å². The van der Waals surface area contributed by atoms with Crippen molar-refractivity contribution in [2.75, 3.05) is 0 Å². The fourth-order valence-corrected chi connectivity index (χ4v) is 1.23. The van der Waals surface area contributed by atoms with E-state index in [1.165, 1.54) is 11.1 Å². The van der Waals surface area contributed by atoms with Crippen LogP contribution in [0.3, 0.4) is 0 Å². The normalized spacial score (nSPS) is 14.0. The first-order chi connectivity index (χ1) is 4.47. The number of hydrogen-bond acceptors (Lipinski definition) is 1. The lowest BCUT2D eigenvalue weighted by molar-refractivity contribution is 0.765.